The third-order valence-corrected chi connectivity index (χ3v) is 4.28. The van der Waals surface area contributed by atoms with Gasteiger partial charge in [0.25, 0.3) is 0 Å². The fraction of sp³-hybridized carbons (Fsp3) is 0.333. The number of rotatable bonds is 4. The second-order valence-corrected chi connectivity index (χ2v) is 6.49. The van der Waals surface area contributed by atoms with Gasteiger partial charge in [0.15, 0.2) is 5.69 Å². The molecular weight excluding hydrogens is 400 g/mol. The minimum absolute atomic E-state index is 0.0156. The molecule has 0 amide bonds. The van der Waals surface area contributed by atoms with E-state index in [2.05, 4.69) is 23.9 Å². The van der Waals surface area contributed by atoms with Crippen LogP contribution >= 0.6 is 23.2 Å². The fourth-order valence-corrected chi connectivity index (χ4v) is 3.00. The maximum atomic E-state index is 12.9. The number of alkyl halides is 3. The molecule has 1 heterocycles. The van der Waals surface area contributed by atoms with Crippen LogP contribution in [-0.2, 0) is 6.18 Å². The first kappa shape index (κ1) is 21.0. The monoisotopic (exact) mass is 414 g/mol. The van der Waals surface area contributed by atoms with Crippen LogP contribution in [0, 0.1) is 23.2 Å². The molecule has 27 heavy (non-hydrogen) atoms. The van der Waals surface area contributed by atoms with Crippen molar-refractivity contribution in [2.75, 3.05) is 5.73 Å². The van der Waals surface area contributed by atoms with Crippen LogP contribution in [0.3, 0.4) is 0 Å². The third-order valence-electron chi connectivity index (χ3n) is 3.70. The van der Waals surface area contributed by atoms with Crippen LogP contribution in [0.5, 0.6) is 0 Å². The molecule has 1 aromatic heterocycles. The van der Waals surface area contributed by atoms with Gasteiger partial charge in [-0.2, -0.15) is 23.5 Å². The average Bonchev–Trinajstić information content (AvgIpc) is 2.89. The Hall–Kier alpha value is -2.35. The molecule has 0 saturated carbocycles. The zero-order valence-corrected chi connectivity index (χ0v) is 15.8. The van der Waals surface area contributed by atoms with Crippen molar-refractivity contribution in [2.24, 2.45) is 0 Å². The SMILES string of the molecule is CCCCCC#Cc1c(C#N)nn(-c2c(Cl)cc(C(F)(F)F)cc2Cl)c1N. The van der Waals surface area contributed by atoms with E-state index in [1.54, 1.807) is 0 Å². The maximum absolute atomic E-state index is 12.9. The molecule has 0 unspecified atom stereocenters. The molecule has 1 aromatic carbocycles. The van der Waals surface area contributed by atoms with Crippen LogP contribution < -0.4 is 5.73 Å². The van der Waals surface area contributed by atoms with Gasteiger partial charge in [-0.05, 0) is 18.6 Å². The van der Waals surface area contributed by atoms with Gasteiger partial charge in [0.05, 0.1) is 15.6 Å². The summed E-state index contributed by atoms with van der Waals surface area (Å²) in [5, 5.41) is 12.7. The molecule has 2 rings (SSSR count). The van der Waals surface area contributed by atoms with Crippen molar-refractivity contribution < 1.29 is 13.2 Å². The molecule has 0 aliphatic rings. The van der Waals surface area contributed by atoms with E-state index in [0.717, 1.165) is 36.1 Å². The lowest BCUT2D eigenvalue weighted by molar-refractivity contribution is -0.137. The number of hydrogen-bond donors (Lipinski definition) is 1. The Morgan fingerprint density at radius 2 is 1.85 bits per heavy atom. The van der Waals surface area contributed by atoms with Crippen molar-refractivity contribution in [3.8, 4) is 23.6 Å². The number of benzene rings is 1. The number of nitriles is 1. The number of aromatic nitrogens is 2. The Bertz CT molecular complexity index is 923. The molecule has 0 atom stereocenters. The van der Waals surface area contributed by atoms with Gasteiger partial charge in [-0.25, -0.2) is 4.68 Å². The Labute approximate surface area is 164 Å². The molecule has 0 fully saturated rings. The summed E-state index contributed by atoms with van der Waals surface area (Å²) < 4.78 is 39.7. The molecule has 2 N–H and O–H groups in total. The van der Waals surface area contributed by atoms with E-state index in [1.807, 2.05) is 6.07 Å². The van der Waals surface area contributed by atoms with E-state index in [4.69, 9.17) is 28.9 Å². The quantitative estimate of drug-likeness (QED) is 0.524. The minimum atomic E-state index is -4.60. The van der Waals surface area contributed by atoms with Gasteiger partial charge in [-0.1, -0.05) is 54.8 Å². The van der Waals surface area contributed by atoms with Crippen molar-refractivity contribution in [1.82, 2.24) is 9.78 Å². The van der Waals surface area contributed by atoms with Gasteiger partial charge in [0.2, 0.25) is 0 Å². The van der Waals surface area contributed by atoms with Crippen molar-refractivity contribution in [3.05, 3.63) is 39.0 Å². The molecule has 0 radical (unpaired) electrons. The van der Waals surface area contributed by atoms with Crippen LogP contribution in [0.4, 0.5) is 19.0 Å². The van der Waals surface area contributed by atoms with E-state index in [9.17, 15) is 18.4 Å². The highest BCUT2D eigenvalue weighted by Crippen LogP contribution is 2.38. The summed E-state index contributed by atoms with van der Waals surface area (Å²) in [5.41, 5.74) is 5.12. The van der Waals surface area contributed by atoms with Crippen molar-refractivity contribution in [1.29, 1.82) is 5.26 Å². The van der Waals surface area contributed by atoms with Gasteiger partial charge < -0.3 is 5.73 Å². The maximum Gasteiger partial charge on any atom is 0.416 e. The number of nitrogens with two attached hydrogens (primary N) is 1. The summed E-state index contributed by atoms with van der Waals surface area (Å²) in [5.74, 6) is 5.72. The second-order valence-electron chi connectivity index (χ2n) is 5.68. The molecule has 0 bridgehead atoms. The normalized spacial score (nSPS) is 11.0. The molecule has 0 aliphatic heterocycles. The van der Waals surface area contributed by atoms with Gasteiger partial charge in [0, 0.05) is 6.42 Å². The Morgan fingerprint density at radius 1 is 1.22 bits per heavy atom. The van der Waals surface area contributed by atoms with Gasteiger partial charge in [-0.3, -0.25) is 0 Å². The minimum Gasteiger partial charge on any atom is -0.383 e. The van der Waals surface area contributed by atoms with E-state index in [-0.39, 0.29) is 32.8 Å². The van der Waals surface area contributed by atoms with Gasteiger partial charge in [0.1, 0.15) is 23.1 Å². The average molecular weight is 415 g/mol. The van der Waals surface area contributed by atoms with Crippen LogP contribution in [0.25, 0.3) is 5.69 Å². The summed E-state index contributed by atoms with van der Waals surface area (Å²) in [6.07, 6.45) is -0.975. The zero-order chi connectivity index (χ0) is 20.2. The molecule has 9 heteroatoms. The highest BCUT2D eigenvalue weighted by atomic mass is 35.5. The number of hydrogen-bond acceptors (Lipinski definition) is 3. The Balaban J connectivity index is 2.51. The number of anilines is 1. The van der Waals surface area contributed by atoms with E-state index in [0.29, 0.717) is 6.42 Å². The Morgan fingerprint density at radius 3 is 2.37 bits per heavy atom. The summed E-state index contributed by atoms with van der Waals surface area (Å²) in [7, 11) is 0. The van der Waals surface area contributed by atoms with Gasteiger partial charge >= 0.3 is 6.18 Å². The largest absolute Gasteiger partial charge is 0.416 e. The lowest BCUT2D eigenvalue weighted by Crippen LogP contribution is -2.08. The molecule has 0 spiro atoms. The zero-order valence-electron chi connectivity index (χ0n) is 14.3. The lowest BCUT2D eigenvalue weighted by atomic mass is 10.2. The lowest BCUT2D eigenvalue weighted by Gasteiger charge is -2.13. The van der Waals surface area contributed by atoms with E-state index < -0.39 is 11.7 Å². The standard InChI is InChI=1S/C18H15Cl2F3N4/c1-2-3-4-5-6-7-12-15(10-24)26-27(17(12)25)16-13(19)8-11(9-14(16)20)18(21,22)23/h8-9H,2-5,25H2,1H3. The van der Waals surface area contributed by atoms with Crippen LogP contribution in [0.2, 0.25) is 10.0 Å². The number of halogens is 5. The van der Waals surface area contributed by atoms with E-state index in [1.165, 1.54) is 0 Å². The first-order chi connectivity index (χ1) is 12.7. The van der Waals surface area contributed by atoms with Crippen LogP contribution in [-0.4, -0.2) is 9.78 Å². The first-order valence-corrected chi connectivity index (χ1v) is 8.80. The highest BCUT2D eigenvalue weighted by Gasteiger charge is 2.32. The summed E-state index contributed by atoms with van der Waals surface area (Å²) in [4.78, 5) is 0. The molecule has 0 saturated heterocycles. The molecular formula is C18H15Cl2F3N4. The van der Waals surface area contributed by atoms with Crippen molar-refractivity contribution >= 4 is 29.0 Å². The summed E-state index contributed by atoms with van der Waals surface area (Å²) in [6.45, 7) is 2.07. The van der Waals surface area contributed by atoms with Crippen molar-refractivity contribution in [2.45, 2.75) is 38.8 Å². The Kier molecular flexibility index (Phi) is 6.64. The topological polar surface area (TPSA) is 67.6 Å². The highest BCUT2D eigenvalue weighted by molar-refractivity contribution is 6.38. The number of nitrogen functional groups attached to an aromatic ring is 1. The first-order valence-electron chi connectivity index (χ1n) is 8.04. The molecule has 4 nitrogen and oxygen atoms in total. The van der Waals surface area contributed by atoms with Crippen molar-refractivity contribution in [3.63, 3.8) is 0 Å². The summed E-state index contributed by atoms with van der Waals surface area (Å²) in [6, 6.07) is 3.33. The van der Waals surface area contributed by atoms with Crippen LogP contribution in [0.15, 0.2) is 12.1 Å². The predicted molar refractivity (Wildman–Crippen MR) is 98.7 cm³/mol. The number of unbranched alkanes of at least 4 members (excludes halogenated alkanes) is 3. The predicted octanol–water partition coefficient (Wildman–Crippen LogP) is 5.58. The number of nitrogens with zero attached hydrogens (tertiary/aromatic N) is 3. The fourth-order valence-electron chi connectivity index (χ4n) is 2.35. The third kappa shape index (κ3) is 4.68. The van der Waals surface area contributed by atoms with Crippen LogP contribution in [0.1, 0.15) is 49.4 Å². The molecule has 0 aliphatic carbocycles. The summed E-state index contributed by atoms with van der Waals surface area (Å²) >= 11 is 12.0. The molecule has 142 valence electrons. The second kappa shape index (κ2) is 8.56. The molecule has 2 aromatic rings. The van der Waals surface area contributed by atoms with Gasteiger partial charge in [-0.15, -0.1) is 0 Å². The van der Waals surface area contributed by atoms with E-state index >= 15 is 0 Å². The smallest absolute Gasteiger partial charge is 0.383 e.